The molecule has 2 N–H and O–H groups in total. The van der Waals surface area contributed by atoms with Gasteiger partial charge in [0.05, 0.1) is 5.75 Å². The fourth-order valence-corrected chi connectivity index (χ4v) is 1.86. The number of hydrogen-bond donors (Lipinski definition) is 2. The molecule has 0 unspecified atom stereocenters. The van der Waals surface area contributed by atoms with E-state index in [2.05, 4.69) is 10.6 Å². The predicted octanol–water partition coefficient (Wildman–Crippen LogP) is 1.52. The minimum absolute atomic E-state index is 0.0831. The number of alkyl carbamates (subject to hydrolysis) is 1. The van der Waals surface area contributed by atoms with Gasteiger partial charge in [-0.05, 0) is 33.6 Å². The Bertz CT molecular complexity index is 298. The zero-order valence-electron chi connectivity index (χ0n) is 11.2. The van der Waals surface area contributed by atoms with Crippen molar-refractivity contribution in [3.05, 3.63) is 0 Å². The van der Waals surface area contributed by atoms with E-state index >= 15 is 0 Å². The van der Waals surface area contributed by atoms with E-state index in [1.165, 1.54) is 11.8 Å². The summed E-state index contributed by atoms with van der Waals surface area (Å²) < 4.78 is 5.09. The van der Waals surface area contributed by atoms with Crippen molar-refractivity contribution in [2.75, 3.05) is 18.1 Å². The van der Waals surface area contributed by atoms with Gasteiger partial charge in [-0.25, -0.2) is 4.79 Å². The third kappa shape index (κ3) is 8.22. The van der Waals surface area contributed by atoms with Gasteiger partial charge in [0.1, 0.15) is 5.60 Å². The van der Waals surface area contributed by atoms with Crippen molar-refractivity contribution in [3.63, 3.8) is 0 Å². The molecule has 1 rings (SSSR count). The summed E-state index contributed by atoms with van der Waals surface area (Å²) in [6, 6.07) is 0.415. The molecular formula is C12H22N2O3S. The first-order valence-electron chi connectivity index (χ1n) is 6.21. The molecule has 0 bridgehead atoms. The van der Waals surface area contributed by atoms with Crippen molar-refractivity contribution in [1.29, 1.82) is 0 Å². The van der Waals surface area contributed by atoms with Gasteiger partial charge in [0.25, 0.3) is 0 Å². The SMILES string of the molecule is CC(C)(C)OC(=O)NCCSCC(=O)NC1CC1. The van der Waals surface area contributed by atoms with Gasteiger partial charge in [0.2, 0.25) is 5.91 Å². The minimum atomic E-state index is -0.471. The first-order valence-corrected chi connectivity index (χ1v) is 7.36. The summed E-state index contributed by atoms with van der Waals surface area (Å²) >= 11 is 1.51. The minimum Gasteiger partial charge on any atom is -0.444 e. The van der Waals surface area contributed by atoms with Crippen LogP contribution in [0.15, 0.2) is 0 Å². The Morgan fingerprint density at radius 2 is 2.00 bits per heavy atom. The Hall–Kier alpha value is -0.910. The number of hydrogen-bond acceptors (Lipinski definition) is 4. The lowest BCUT2D eigenvalue weighted by molar-refractivity contribution is -0.118. The number of carbonyl (C=O) groups is 2. The molecule has 104 valence electrons. The van der Waals surface area contributed by atoms with Crippen LogP contribution in [0.5, 0.6) is 0 Å². The molecule has 1 aliphatic carbocycles. The summed E-state index contributed by atoms with van der Waals surface area (Å²) in [6.45, 7) is 5.98. The maximum Gasteiger partial charge on any atom is 0.407 e. The van der Waals surface area contributed by atoms with E-state index < -0.39 is 11.7 Å². The standard InChI is InChI=1S/C12H22N2O3S/c1-12(2,3)17-11(16)13-6-7-18-8-10(15)14-9-4-5-9/h9H,4-8H2,1-3H3,(H,13,16)(H,14,15). The van der Waals surface area contributed by atoms with Crippen LogP contribution in [0.25, 0.3) is 0 Å². The molecule has 0 heterocycles. The van der Waals surface area contributed by atoms with Crippen molar-refractivity contribution in [1.82, 2.24) is 10.6 Å². The lowest BCUT2D eigenvalue weighted by atomic mass is 10.2. The largest absolute Gasteiger partial charge is 0.444 e. The van der Waals surface area contributed by atoms with Crippen molar-refractivity contribution < 1.29 is 14.3 Å². The van der Waals surface area contributed by atoms with Crippen LogP contribution in [0, 0.1) is 0 Å². The van der Waals surface area contributed by atoms with Crippen LogP contribution in [0.4, 0.5) is 4.79 Å². The van der Waals surface area contributed by atoms with Crippen LogP contribution in [0.2, 0.25) is 0 Å². The Labute approximate surface area is 112 Å². The topological polar surface area (TPSA) is 67.4 Å². The molecule has 1 aliphatic rings. The van der Waals surface area contributed by atoms with Crippen molar-refractivity contribution in [3.8, 4) is 0 Å². The molecule has 6 heteroatoms. The Kier molecular flexibility index (Phi) is 5.78. The molecule has 1 fully saturated rings. The molecule has 0 saturated heterocycles. The smallest absolute Gasteiger partial charge is 0.407 e. The van der Waals surface area contributed by atoms with Crippen LogP contribution in [-0.2, 0) is 9.53 Å². The van der Waals surface area contributed by atoms with Gasteiger partial charge in [-0.15, -0.1) is 0 Å². The monoisotopic (exact) mass is 274 g/mol. The quantitative estimate of drug-likeness (QED) is 0.721. The van der Waals surface area contributed by atoms with E-state index in [-0.39, 0.29) is 5.91 Å². The van der Waals surface area contributed by atoms with Crippen LogP contribution in [0.1, 0.15) is 33.6 Å². The van der Waals surface area contributed by atoms with E-state index in [0.717, 1.165) is 12.8 Å². The first kappa shape index (κ1) is 15.1. The maximum absolute atomic E-state index is 11.3. The number of ether oxygens (including phenoxy) is 1. The molecule has 0 aliphatic heterocycles. The molecule has 5 nitrogen and oxygen atoms in total. The number of rotatable bonds is 6. The molecule has 0 atom stereocenters. The van der Waals surface area contributed by atoms with Gasteiger partial charge in [-0.2, -0.15) is 11.8 Å². The highest BCUT2D eigenvalue weighted by atomic mass is 32.2. The van der Waals surface area contributed by atoms with Crippen LogP contribution in [0.3, 0.4) is 0 Å². The second-order valence-corrected chi connectivity index (χ2v) is 6.43. The van der Waals surface area contributed by atoms with Crippen molar-refractivity contribution in [2.24, 2.45) is 0 Å². The average Bonchev–Trinajstić information content (AvgIpc) is 2.98. The number of nitrogens with one attached hydrogen (secondary N) is 2. The third-order valence-electron chi connectivity index (χ3n) is 2.09. The van der Waals surface area contributed by atoms with Gasteiger partial charge < -0.3 is 15.4 Å². The van der Waals surface area contributed by atoms with Gasteiger partial charge in [0, 0.05) is 18.3 Å². The number of amides is 2. The van der Waals surface area contributed by atoms with Crippen molar-refractivity contribution in [2.45, 2.75) is 45.3 Å². The fraction of sp³-hybridized carbons (Fsp3) is 0.833. The molecule has 0 radical (unpaired) electrons. The van der Waals surface area contributed by atoms with Crippen molar-refractivity contribution >= 4 is 23.8 Å². The van der Waals surface area contributed by atoms with Crippen LogP contribution in [-0.4, -0.2) is 41.7 Å². The second-order valence-electron chi connectivity index (χ2n) is 5.32. The van der Waals surface area contributed by atoms with E-state index in [4.69, 9.17) is 4.74 Å². The average molecular weight is 274 g/mol. The van der Waals surface area contributed by atoms with Crippen LogP contribution >= 0.6 is 11.8 Å². The van der Waals surface area contributed by atoms with E-state index in [9.17, 15) is 9.59 Å². The summed E-state index contributed by atoms with van der Waals surface area (Å²) in [5.41, 5.74) is -0.471. The molecule has 18 heavy (non-hydrogen) atoms. The van der Waals surface area contributed by atoms with E-state index in [1.54, 1.807) is 0 Å². The molecule has 0 aromatic carbocycles. The predicted molar refractivity (Wildman–Crippen MR) is 72.7 cm³/mol. The number of thioether (sulfide) groups is 1. The Morgan fingerprint density at radius 3 is 2.56 bits per heavy atom. The summed E-state index contributed by atoms with van der Waals surface area (Å²) in [4.78, 5) is 22.6. The van der Waals surface area contributed by atoms with E-state index in [0.29, 0.717) is 24.1 Å². The highest BCUT2D eigenvalue weighted by Crippen LogP contribution is 2.18. The Balaban J connectivity index is 1.94. The van der Waals surface area contributed by atoms with Crippen LogP contribution < -0.4 is 10.6 Å². The maximum atomic E-state index is 11.3. The second kappa shape index (κ2) is 6.87. The zero-order valence-corrected chi connectivity index (χ0v) is 12.1. The molecule has 0 aromatic heterocycles. The Morgan fingerprint density at radius 1 is 1.33 bits per heavy atom. The van der Waals surface area contributed by atoms with Gasteiger partial charge in [-0.3, -0.25) is 4.79 Å². The highest BCUT2D eigenvalue weighted by molar-refractivity contribution is 7.99. The molecule has 0 aromatic rings. The molecule has 2 amide bonds. The lowest BCUT2D eigenvalue weighted by Crippen LogP contribution is -2.34. The summed E-state index contributed by atoms with van der Waals surface area (Å²) in [5, 5.41) is 5.57. The van der Waals surface area contributed by atoms with Gasteiger partial charge in [0.15, 0.2) is 0 Å². The highest BCUT2D eigenvalue weighted by Gasteiger charge is 2.22. The van der Waals surface area contributed by atoms with E-state index in [1.807, 2.05) is 20.8 Å². The summed E-state index contributed by atoms with van der Waals surface area (Å²) in [7, 11) is 0. The third-order valence-corrected chi connectivity index (χ3v) is 3.05. The normalized spacial score (nSPS) is 15.1. The zero-order chi connectivity index (χ0) is 13.6. The molecule has 1 saturated carbocycles. The van der Waals surface area contributed by atoms with Gasteiger partial charge >= 0.3 is 6.09 Å². The van der Waals surface area contributed by atoms with Gasteiger partial charge in [-0.1, -0.05) is 0 Å². The molecular weight excluding hydrogens is 252 g/mol. The fourth-order valence-electron chi connectivity index (χ4n) is 1.20. The first-order chi connectivity index (χ1) is 8.37. The lowest BCUT2D eigenvalue weighted by Gasteiger charge is -2.19. The summed E-state index contributed by atoms with van der Waals surface area (Å²) in [6.07, 6.45) is 1.80. The number of carbonyl (C=O) groups excluding carboxylic acids is 2. The summed E-state index contributed by atoms with van der Waals surface area (Å²) in [5.74, 6) is 1.24. The molecule has 0 spiro atoms.